The third-order valence-corrected chi connectivity index (χ3v) is 2.68. The van der Waals surface area contributed by atoms with Gasteiger partial charge in [0.2, 0.25) is 0 Å². The van der Waals surface area contributed by atoms with Gasteiger partial charge in [-0.25, -0.2) is 9.78 Å². The zero-order chi connectivity index (χ0) is 13.0. The highest BCUT2D eigenvalue weighted by molar-refractivity contribution is 5.76. The number of amides is 1. The lowest BCUT2D eigenvalue weighted by molar-refractivity contribution is 0.239. The normalized spacial score (nSPS) is 11.9. The molecule has 2 aromatic rings. The zero-order valence-electron chi connectivity index (χ0n) is 10.3. The number of ether oxygens (including phenoxy) is 1. The molecule has 0 aliphatic rings. The minimum Gasteiger partial charge on any atom is -0.496 e. The van der Waals surface area contributed by atoms with Crippen LogP contribution >= 0.6 is 0 Å². The molecule has 1 aromatic heterocycles. The fraction of sp³-hybridized carbons (Fsp3) is 0.231. The smallest absolute Gasteiger partial charge is 0.327 e. The highest BCUT2D eigenvalue weighted by Gasteiger charge is 2.13. The van der Waals surface area contributed by atoms with Crippen LogP contribution in [0.4, 0.5) is 4.79 Å². The Hall–Kier alpha value is -2.30. The molecule has 1 aromatic carbocycles. The number of benzene rings is 1. The molecule has 5 heteroatoms. The topological polar surface area (TPSA) is 56.1 Å². The summed E-state index contributed by atoms with van der Waals surface area (Å²) in [5.74, 6) is 0.760. The number of methoxy groups -OCH3 is 1. The number of nitrogens with zero attached hydrogens (tertiary/aromatic N) is 2. The van der Waals surface area contributed by atoms with Crippen LogP contribution < -0.4 is 10.1 Å². The van der Waals surface area contributed by atoms with E-state index in [9.17, 15) is 4.79 Å². The van der Waals surface area contributed by atoms with Gasteiger partial charge in [0.15, 0.2) is 0 Å². The lowest BCUT2D eigenvalue weighted by Gasteiger charge is -2.17. The molecule has 0 saturated carbocycles. The Morgan fingerprint density at radius 3 is 2.89 bits per heavy atom. The predicted molar refractivity (Wildman–Crippen MR) is 67.6 cm³/mol. The molecule has 0 aliphatic carbocycles. The molecule has 1 N–H and O–H groups in total. The summed E-state index contributed by atoms with van der Waals surface area (Å²) >= 11 is 0. The molecule has 94 valence electrons. The summed E-state index contributed by atoms with van der Waals surface area (Å²) in [4.78, 5) is 15.7. The van der Waals surface area contributed by atoms with Gasteiger partial charge in [0.05, 0.1) is 13.2 Å². The number of carbonyl (C=O) groups is 1. The fourth-order valence-corrected chi connectivity index (χ4v) is 1.74. The minimum atomic E-state index is -0.217. The van der Waals surface area contributed by atoms with Gasteiger partial charge in [-0.3, -0.25) is 4.57 Å². The first-order chi connectivity index (χ1) is 8.72. The quantitative estimate of drug-likeness (QED) is 0.902. The van der Waals surface area contributed by atoms with Crippen LogP contribution in [0.3, 0.4) is 0 Å². The van der Waals surface area contributed by atoms with Crippen LogP contribution in [-0.2, 0) is 0 Å². The van der Waals surface area contributed by atoms with Crippen LogP contribution in [0.5, 0.6) is 5.75 Å². The van der Waals surface area contributed by atoms with Gasteiger partial charge in [0.1, 0.15) is 12.1 Å². The Labute approximate surface area is 105 Å². The third-order valence-electron chi connectivity index (χ3n) is 2.68. The maximum Gasteiger partial charge on any atom is 0.327 e. The maximum absolute atomic E-state index is 11.9. The largest absolute Gasteiger partial charge is 0.496 e. The second kappa shape index (κ2) is 5.35. The van der Waals surface area contributed by atoms with E-state index in [2.05, 4.69) is 10.3 Å². The summed E-state index contributed by atoms with van der Waals surface area (Å²) < 4.78 is 6.66. The molecule has 0 fully saturated rings. The van der Waals surface area contributed by atoms with E-state index >= 15 is 0 Å². The molecular formula is C13H15N3O2. The number of nitrogens with one attached hydrogen (secondary N) is 1. The van der Waals surface area contributed by atoms with Crippen molar-refractivity contribution in [2.75, 3.05) is 7.11 Å². The molecular weight excluding hydrogens is 230 g/mol. The summed E-state index contributed by atoms with van der Waals surface area (Å²) in [5, 5.41) is 2.88. The number of carbonyl (C=O) groups excluding carboxylic acids is 1. The van der Waals surface area contributed by atoms with Crippen LogP contribution in [0.1, 0.15) is 18.5 Å². The first kappa shape index (κ1) is 12.2. The van der Waals surface area contributed by atoms with Crippen LogP contribution in [0.2, 0.25) is 0 Å². The lowest BCUT2D eigenvalue weighted by atomic mass is 10.1. The van der Waals surface area contributed by atoms with Gasteiger partial charge in [0.25, 0.3) is 0 Å². The van der Waals surface area contributed by atoms with Crippen molar-refractivity contribution < 1.29 is 9.53 Å². The van der Waals surface area contributed by atoms with E-state index in [1.54, 1.807) is 19.5 Å². The van der Waals surface area contributed by atoms with Crippen molar-refractivity contribution in [1.82, 2.24) is 14.9 Å². The number of hydrogen-bond donors (Lipinski definition) is 1. The maximum atomic E-state index is 11.9. The summed E-state index contributed by atoms with van der Waals surface area (Å²) in [6.45, 7) is 1.91. The number of imidazole rings is 1. The molecule has 0 aliphatic heterocycles. The van der Waals surface area contributed by atoms with Crippen molar-refractivity contribution in [2.45, 2.75) is 13.0 Å². The molecule has 18 heavy (non-hydrogen) atoms. The molecule has 2 rings (SSSR count). The van der Waals surface area contributed by atoms with Gasteiger partial charge in [0, 0.05) is 18.0 Å². The van der Waals surface area contributed by atoms with Crippen LogP contribution in [0.15, 0.2) is 43.0 Å². The van der Waals surface area contributed by atoms with Crippen LogP contribution in [0.25, 0.3) is 0 Å². The molecule has 1 amide bonds. The average molecular weight is 245 g/mol. The van der Waals surface area contributed by atoms with Gasteiger partial charge in [-0.2, -0.15) is 0 Å². The standard InChI is InChI=1S/C13H15N3O2/c1-10(11-5-3-4-6-12(11)18-2)15-13(17)16-8-7-14-9-16/h3-10H,1-2H3,(H,15,17)/t10-/m1/s1. The van der Waals surface area contributed by atoms with Crippen LogP contribution in [-0.4, -0.2) is 22.7 Å². The number of para-hydroxylation sites is 1. The van der Waals surface area contributed by atoms with E-state index in [0.717, 1.165) is 11.3 Å². The molecule has 5 nitrogen and oxygen atoms in total. The Morgan fingerprint density at radius 1 is 1.44 bits per heavy atom. The first-order valence-electron chi connectivity index (χ1n) is 5.64. The summed E-state index contributed by atoms with van der Waals surface area (Å²) in [7, 11) is 1.61. The van der Waals surface area contributed by atoms with Gasteiger partial charge >= 0.3 is 6.03 Å². The Bertz CT molecular complexity index is 523. The van der Waals surface area contributed by atoms with Gasteiger partial charge in [-0.1, -0.05) is 18.2 Å². The minimum absolute atomic E-state index is 0.143. The molecule has 1 atom stereocenters. The third kappa shape index (κ3) is 2.51. The highest BCUT2D eigenvalue weighted by Crippen LogP contribution is 2.24. The predicted octanol–water partition coefficient (Wildman–Crippen LogP) is 2.21. The highest BCUT2D eigenvalue weighted by atomic mass is 16.5. The van der Waals surface area contributed by atoms with E-state index in [-0.39, 0.29) is 12.1 Å². The van der Waals surface area contributed by atoms with E-state index in [1.807, 2.05) is 31.2 Å². The van der Waals surface area contributed by atoms with E-state index in [0.29, 0.717) is 0 Å². The van der Waals surface area contributed by atoms with Crippen molar-refractivity contribution in [1.29, 1.82) is 0 Å². The molecule has 0 radical (unpaired) electrons. The number of hydrogen-bond acceptors (Lipinski definition) is 3. The Balaban J connectivity index is 2.12. The van der Waals surface area contributed by atoms with Crippen molar-refractivity contribution >= 4 is 6.03 Å². The Morgan fingerprint density at radius 2 is 2.22 bits per heavy atom. The van der Waals surface area contributed by atoms with Gasteiger partial charge < -0.3 is 10.1 Å². The molecule has 0 unspecified atom stereocenters. The summed E-state index contributed by atoms with van der Waals surface area (Å²) in [5.41, 5.74) is 0.938. The average Bonchev–Trinajstić information content (AvgIpc) is 2.92. The lowest BCUT2D eigenvalue weighted by Crippen LogP contribution is -2.30. The second-order valence-corrected chi connectivity index (χ2v) is 3.88. The molecule has 0 saturated heterocycles. The fourth-order valence-electron chi connectivity index (χ4n) is 1.74. The van der Waals surface area contributed by atoms with Gasteiger partial charge in [-0.15, -0.1) is 0 Å². The molecule has 0 spiro atoms. The van der Waals surface area contributed by atoms with E-state index < -0.39 is 0 Å². The van der Waals surface area contributed by atoms with E-state index in [4.69, 9.17) is 4.74 Å². The SMILES string of the molecule is COc1ccccc1[C@@H](C)NC(=O)n1ccnc1. The van der Waals surface area contributed by atoms with E-state index in [1.165, 1.54) is 10.9 Å². The second-order valence-electron chi connectivity index (χ2n) is 3.88. The zero-order valence-corrected chi connectivity index (χ0v) is 10.3. The number of rotatable bonds is 3. The molecule has 1 heterocycles. The van der Waals surface area contributed by atoms with Crippen molar-refractivity contribution in [2.24, 2.45) is 0 Å². The molecule has 0 bridgehead atoms. The van der Waals surface area contributed by atoms with Crippen molar-refractivity contribution in [3.63, 3.8) is 0 Å². The van der Waals surface area contributed by atoms with Gasteiger partial charge in [-0.05, 0) is 13.0 Å². The monoisotopic (exact) mass is 245 g/mol. The van der Waals surface area contributed by atoms with Crippen molar-refractivity contribution in [3.05, 3.63) is 48.5 Å². The Kier molecular flexibility index (Phi) is 3.62. The first-order valence-corrected chi connectivity index (χ1v) is 5.64. The van der Waals surface area contributed by atoms with Crippen LogP contribution in [0, 0.1) is 0 Å². The summed E-state index contributed by atoms with van der Waals surface area (Å²) in [6.07, 6.45) is 4.63. The number of aromatic nitrogens is 2. The van der Waals surface area contributed by atoms with Crippen molar-refractivity contribution in [3.8, 4) is 5.75 Å². The summed E-state index contributed by atoms with van der Waals surface area (Å²) in [6, 6.07) is 7.25.